The molecule has 1 amide bonds. The van der Waals surface area contributed by atoms with Gasteiger partial charge in [0.05, 0.1) is 16.3 Å². The van der Waals surface area contributed by atoms with Crippen molar-refractivity contribution in [3.63, 3.8) is 0 Å². The highest BCUT2D eigenvalue weighted by atomic mass is 35.5. The van der Waals surface area contributed by atoms with Crippen LogP contribution in [0, 0.1) is 0 Å². The molecular formula is C21H17ClF3N3O2. The molecule has 1 heterocycles. The van der Waals surface area contributed by atoms with Gasteiger partial charge in [-0.1, -0.05) is 35.9 Å². The second-order valence-corrected chi connectivity index (χ2v) is 6.84. The highest BCUT2D eigenvalue weighted by Gasteiger charge is 2.31. The van der Waals surface area contributed by atoms with Crippen LogP contribution in [0.3, 0.4) is 0 Å². The fourth-order valence-electron chi connectivity index (χ4n) is 2.65. The van der Waals surface area contributed by atoms with E-state index in [0.29, 0.717) is 30.0 Å². The number of pyridine rings is 1. The molecule has 156 valence electrons. The van der Waals surface area contributed by atoms with Gasteiger partial charge in [0.2, 0.25) is 0 Å². The third-order valence-electron chi connectivity index (χ3n) is 4.29. The van der Waals surface area contributed by atoms with Crippen molar-refractivity contribution in [2.75, 3.05) is 0 Å². The van der Waals surface area contributed by atoms with E-state index in [-0.39, 0.29) is 10.9 Å². The number of amides is 1. The normalized spacial score (nSPS) is 11.2. The molecule has 5 nitrogen and oxygen atoms in total. The van der Waals surface area contributed by atoms with E-state index in [2.05, 4.69) is 10.4 Å². The van der Waals surface area contributed by atoms with Crippen LogP contribution in [0.5, 0.6) is 5.75 Å². The zero-order valence-electron chi connectivity index (χ0n) is 15.5. The Bertz CT molecular complexity index is 1020. The van der Waals surface area contributed by atoms with Crippen molar-refractivity contribution in [1.82, 2.24) is 10.4 Å². The van der Waals surface area contributed by atoms with Gasteiger partial charge < -0.3 is 4.74 Å². The number of rotatable bonds is 6. The maximum absolute atomic E-state index is 12.7. The highest BCUT2D eigenvalue weighted by Crippen LogP contribution is 2.31. The average molecular weight is 436 g/mol. The largest absolute Gasteiger partial charge is 0.489 e. The van der Waals surface area contributed by atoms with Crippen LogP contribution in [-0.2, 0) is 19.2 Å². The predicted molar refractivity (Wildman–Crippen MR) is 106 cm³/mol. The van der Waals surface area contributed by atoms with Crippen LogP contribution in [0.1, 0.15) is 32.7 Å². The number of carbonyl (C=O) groups excluding carboxylic acids is 1. The molecule has 3 rings (SSSR count). The third kappa shape index (κ3) is 5.49. The molecule has 2 aromatic carbocycles. The minimum atomic E-state index is -4.48. The van der Waals surface area contributed by atoms with Crippen molar-refractivity contribution in [3.05, 3.63) is 93.8 Å². The fraction of sp³-hybridized carbons (Fsp3) is 0.143. The maximum Gasteiger partial charge on any atom is 0.417 e. The van der Waals surface area contributed by atoms with Crippen LogP contribution in [0.25, 0.3) is 0 Å². The number of halogens is 4. The van der Waals surface area contributed by atoms with Crippen molar-refractivity contribution < 1.29 is 22.7 Å². The van der Waals surface area contributed by atoms with Crippen LogP contribution in [0.4, 0.5) is 13.2 Å². The number of nitrogen functional groups attached to an aromatic ring is 1. The Morgan fingerprint density at radius 3 is 2.27 bits per heavy atom. The first-order valence-electron chi connectivity index (χ1n) is 8.79. The molecule has 0 saturated heterocycles. The Labute approximate surface area is 175 Å². The van der Waals surface area contributed by atoms with Gasteiger partial charge in [-0.2, -0.15) is 13.2 Å². The van der Waals surface area contributed by atoms with E-state index in [0.717, 1.165) is 23.4 Å². The predicted octanol–water partition coefficient (Wildman–Crippen LogP) is 4.53. The summed E-state index contributed by atoms with van der Waals surface area (Å²) in [7, 11) is 0. The Hall–Kier alpha value is -3.10. The topological polar surface area (TPSA) is 77.2 Å². The van der Waals surface area contributed by atoms with E-state index in [1.54, 1.807) is 48.5 Å². The van der Waals surface area contributed by atoms with E-state index < -0.39 is 11.7 Å². The van der Waals surface area contributed by atoms with Crippen LogP contribution in [-0.4, -0.2) is 10.9 Å². The summed E-state index contributed by atoms with van der Waals surface area (Å²) in [5, 5.41) is -0.0306. The number of hydrogen-bond donors (Lipinski definition) is 2. The molecule has 0 spiro atoms. The van der Waals surface area contributed by atoms with Gasteiger partial charge in [0.1, 0.15) is 12.4 Å². The van der Waals surface area contributed by atoms with Gasteiger partial charge in [0.25, 0.3) is 5.91 Å². The second kappa shape index (κ2) is 9.15. The molecular weight excluding hydrogens is 419 g/mol. The van der Waals surface area contributed by atoms with Crippen LogP contribution in [0.15, 0.2) is 60.8 Å². The number of alkyl halides is 3. The number of carbonyl (C=O) groups is 1. The van der Waals surface area contributed by atoms with Gasteiger partial charge in [-0.05, 0) is 41.5 Å². The van der Waals surface area contributed by atoms with E-state index >= 15 is 0 Å². The smallest absolute Gasteiger partial charge is 0.417 e. The summed E-state index contributed by atoms with van der Waals surface area (Å²) >= 11 is 5.95. The summed E-state index contributed by atoms with van der Waals surface area (Å²) < 4.78 is 43.8. The van der Waals surface area contributed by atoms with Crippen molar-refractivity contribution >= 4 is 17.5 Å². The second-order valence-electron chi connectivity index (χ2n) is 6.43. The van der Waals surface area contributed by atoms with Gasteiger partial charge in [0.15, 0.2) is 0 Å². The molecule has 0 aliphatic rings. The zero-order valence-corrected chi connectivity index (χ0v) is 16.3. The third-order valence-corrected chi connectivity index (χ3v) is 4.62. The Kier molecular flexibility index (Phi) is 6.59. The van der Waals surface area contributed by atoms with Crippen molar-refractivity contribution in [3.8, 4) is 5.75 Å². The van der Waals surface area contributed by atoms with Crippen molar-refractivity contribution in [1.29, 1.82) is 0 Å². The van der Waals surface area contributed by atoms with E-state index in [4.69, 9.17) is 22.2 Å². The van der Waals surface area contributed by atoms with Gasteiger partial charge >= 0.3 is 6.18 Å². The number of aromatic nitrogens is 1. The number of nitrogens with zero attached hydrogens (tertiary/aromatic N) is 1. The first kappa shape index (κ1) is 21.6. The van der Waals surface area contributed by atoms with Crippen LogP contribution in [0.2, 0.25) is 5.02 Å². The van der Waals surface area contributed by atoms with Gasteiger partial charge in [-0.15, -0.1) is 0 Å². The zero-order chi connectivity index (χ0) is 21.7. The van der Waals surface area contributed by atoms with E-state index in [1.807, 2.05) is 0 Å². The molecule has 9 heteroatoms. The molecule has 0 aliphatic heterocycles. The summed E-state index contributed by atoms with van der Waals surface area (Å²) in [6.45, 7) is 0.302. The lowest BCUT2D eigenvalue weighted by Crippen LogP contribution is -2.29. The first-order chi connectivity index (χ1) is 14.3. The summed E-state index contributed by atoms with van der Waals surface area (Å²) in [5.41, 5.74) is 3.69. The summed E-state index contributed by atoms with van der Waals surface area (Å²) in [4.78, 5) is 15.3. The van der Waals surface area contributed by atoms with Crippen molar-refractivity contribution in [2.24, 2.45) is 5.84 Å². The molecule has 3 aromatic rings. The first-order valence-corrected chi connectivity index (χ1v) is 9.17. The minimum absolute atomic E-state index is 0.0306. The summed E-state index contributed by atoms with van der Waals surface area (Å²) in [6.07, 6.45) is -3.41. The number of nitrogens with two attached hydrogens (primary N) is 1. The fourth-order valence-corrected chi connectivity index (χ4v) is 2.88. The number of hydrogen-bond acceptors (Lipinski definition) is 4. The molecule has 0 saturated carbocycles. The van der Waals surface area contributed by atoms with Crippen LogP contribution < -0.4 is 16.0 Å². The monoisotopic (exact) mass is 435 g/mol. The minimum Gasteiger partial charge on any atom is -0.489 e. The van der Waals surface area contributed by atoms with E-state index in [1.165, 1.54) is 0 Å². The quantitative estimate of drug-likeness (QED) is 0.339. The van der Waals surface area contributed by atoms with Crippen LogP contribution >= 0.6 is 11.6 Å². The molecule has 1 aromatic heterocycles. The lowest BCUT2D eigenvalue weighted by molar-refractivity contribution is -0.137. The van der Waals surface area contributed by atoms with Gasteiger partial charge in [-0.25, -0.2) is 5.84 Å². The molecule has 0 atom stereocenters. The Morgan fingerprint density at radius 1 is 1.07 bits per heavy atom. The molecule has 3 N–H and O–H groups in total. The number of ether oxygens (including phenoxy) is 1. The molecule has 0 fully saturated rings. The standard InChI is InChI=1S/C21H17ClF3N3O2/c22-18-10-16(21(23,24)25)11-27-19(18)9-13-3-7-17(8-4-13)30-12-14-1-5-15(6-2-14)20(29)28-26/h1-8,10-11H,9,12,26H2,(H,28,29). The average Bonchev–Trinajstić information content (AvgIpc) is 2.73. The van der Waals surface area contributed by atoms with Gasteiger partial charge in [-0.3, -0.25) is 15.2 Å². The Balaban J connectivity index is 1.59. The van der Waals surface area contributed by atoms with Crippen molar-refractivity contribution in [2.45, 2.75) is 19.2 Å². The number of benzene rings is 2. The van der Waals surface area contributed by atoms with Gasteiger partial charge in [0, 0.05) is 18.2 Å². The maximum atomic E-state index is 12.7. The lowest BCUT2D eigenvalue weighted by atomic mass is 10.1. The van der Waals surface area contributed by atoms with E-state index in [9.17, 15) is 18.0 Å². The SMILES string of the molecule is NNC(=O)c1ccc(COc2ccc(Cc3ncc(C(F)(F)F)cc3Cl)cc2)cc1. The molecule has 30 heavy (non-hydrogen) atoms. The molecule has 0 unspecified atom stereocenters. The number of hydrazine groups is 1. The molecule has 0 aliphatic carbocycles. The molecule has 0 bridgehead atoms. The number of nitrogens with one attached hydrogen (secondary N) is 1. The highest BCUT2D eigenvalue weighted by molar-refractivity contribution is 6.31. The summed E-state index contributed by atoms with van der Waals surface area (Å²) in [6, 6.07) is 14.8. The molecule has 0 radical (unpaired) electrons. The summed E-state index contributed by atoms with van der Waals surface area (Å²) in [5.74, 6) is 5.33. The Morgan fingerprint density at radius 2 is 1.70 bits per heavy atom. The lowest BCUT2D eigenvalue weighted by Gasteiger charge is -2.10.